The van der Waals surface area contributed by atoms with Crippen LogP contribution in [0.1, 0.15) is 24.2 Å². The van der Waals surface area contributed by atoms with Gasteiger partial charge in [-0.3, -0.25) is 4.79 Å². The van der Waals surface area contributed by atoms with E-state index < -0.39 is 0 Å². The molecule has 0 aliphatic rings. The number of esters is 1. The summed E-state index contributed by atoms with van der Waals surface area (Å²) in [6.45, 7) is 4.28. The summed E-state index contributed by atoms with van der Waals surface area (Å²) in [6, 6.07) is 6.37. The minimum Gasteiger partial charge on any atom is -0.484 e. The average molecular weight is 295 g/mol. The van der Waals surface area contributed by atoms with E-state index in [2.05, 4.69) is 5.32 Å². The number of hydrogen-bond donors (Lipinski definition) is 1. The number of hydrogen-bond acceptors (Lipinski definition) is 5. The van der Waals surface area contributed by atoms with Crippen molar-refractivity contribution in [3.05, 3.63) is 29.8 Å². The second-order valence-electron chi connectivity index (χ2n) is 4.46. The van der Waals surface area contributed by atoms with Crippen LogP contribution in [0.15, 0.2) is 24.3 Å². The molecule has 0 aliphatic heterocycles. The maximum Gasteiger partial charge on any atom is 0.338 e. The predicted molar refractivity (Wildman–Crippen MR) is 77.4 cm³/mol. The van der Waals surface area contributed by atoms with E-state index in [9.17, 15) is 9.59 Å². The molecule has 1 atom stereocenters. The van der Waals surface area contributed by atoms with Gasteiger partial charge in [0.2, 0.25) is 0 Å². The Morgan fingerprint density at radius 3 is 2.48 bits per heavy atom. The largest absolute Gasteiger partial charge is 0.484 e. The third-order valence-corrected chi connectivity index (χ3v) is 2.56. The lowest BCUT2D eigenvalue weighted by atomic mass is 10.2. The molecule has 0 saturated carbocycles. The molecular formula is C15H21NO5. The first-order valence-electron chi connectivity index (χ1n) is 6.75. The lowest BCUT2D eigenvalue weighted by Gasteiger charge is -2.13. The van der Waals surface area contributed by atoms with Crippen molar-refractivity contribution in [2.45, 2.75) is 19.9 Å². The summed E-state index contributed by atoms with van der Waals surface area (Å²) in [5, 5.41) is 2.73. The van der Waals surface area contributed by atoms with Gasteiger partial charge in [0.05, 0.1) is 18.8 Å². The number of ether oxygens (including phenoxy) is 3. The number of rotatable bonds is 8. The SMILES string of the molecule is CCOC(=O)c1ccc(OCC(=O)NC(C)COC)cc1. The summed E-state index contributed by atoms with van der Waals surface area (Å²) in [5.41, 5.74) is 0.447. The number of amides is 1. The van der Waals surface area contributed by atoms with Gasteiger partial charge in [-0.2, -0.15) is 0 Å². The lowest BCUT2D eigenvalue weighted by Crippen LogP contribution is -2.38. The Morgan fingerprint density at radius 1 is 1.24 bits per heavy atom. The molecule has 0 spiro atoms. The van der Waals surface area contributed by atoms with Crippen LogP contribution >= 0.6 is 0 Å². The topological polar surface area (TPSA) is 73.9 Å². The van der Waals surface area contributed by atoms with Crippen molar-refractivity contribution in [1.29, 1.82) is 0 Å². The molecule has 0 radical (unpaired) electrons. The highest BCUT2D eigenvalue weighted by atomic mass is 16.5. The summed E-state index contributed by atoms with van der Waals surface area (Å²) < 4.78 is 15.1. The van der Waals surface area contributed by atoms with E-state index in [1.807, 2.05) is 6.92 Å². The molecule has 1 unspecified atom stereocenters. The minimum absolute atomic E-state index is 0.0720. The van der Waals surface area contributed by atoms with E-state index in [0.29, 0.717) is 24.5 Å². The molecule has 6 heteroatoms. The van der Waals surface area contributed by atoms with E-state index in [-0.39, 0.29) is 24.5 Å². The summed E-state index contributed by atoms with van der Waals surface area (Å²) in [5.74, 6) is -0.0956. The van der Waals surface area contributed by atoms with Gasteiger partial charge in [-0.15, -0.1) is 0 Å². The Bertz CT molecular complexity index is 458. The number of benzene rings is 1. The monoisotopic (exact) mass is 295 g/mol. The first-order valence-corrected chi connectivity index (χ1v) is 6.75. The molecule has 0 aromatic heterocycles. The van der Waals surface area contributed by atoms with Crippen LogP contribution in [0.25, 0.3) is 0 Å². The molecule has 1 rings (SSSR count). The quantitative estimate of drug-likeness (QED) is 0.734. The second-order valence-corrected chi connectivity index (χ2v) is 4.46. The summed E-state index contributed by atoms with van der Waals surface area (Å²) in [6.07, 6.45) is 0. The molecular weight excluding hydrogens is 274 g/mol. The highest BCUT2D eigenvalue weighted by Crippen LogP contribution is 2.12. The van der Waals surface area contributed by atoms with Crippen LogP contribution in [-0.2, 0) is 14.3 Å². The fraction of sp³-hybridized carbons (Fsp3) is 0.467. The molecule has 6 nitrogen and oxygen atoms in total. The average Bonchev–Trinajstić information content (AvgIpc) is 2.46. The minimum atomic E-state index is -0.379. The Morgan fingerprint density at radius 2 is 1.90 bits per heavy atom. The highest BCUT2D eigenvalue weighted by molar-refractivity contribution is 5.89. The van der Waals surface area contributed by atoms with Crippen LogP contribution in [-0.4, -0.2) is 44.8 Å². The van der Waals surface area contributed by atoms with Crippen LogP contribution < -0.4 is 10.1 Å². The zero-order chi connectivity index (χ0) is 15.7. The van der Waals surface area contributed by atoms with Gasteiger partial charge in [-0.1, -0.05) is 0 Å². The molecule has 0 heterocycles. The second kappa shape index (κ2) is 8.97. The van der Waals surface area contributed by atoms with Gasteiger partial charge in [-0.05, 0) is 38.1 Å². The van der Waals surface area contributed by atoms with E-state index in [4.69, 9.17) is 14.2 Å². The standard InChI is InChI=1S/C15H21NO5/c1-4-20-15(18)12-5-7-13(8-6-12)21-10-14(17)16-11(2)9-19-3/h5-8,11H,4,9-10H2,1-3H3,(H,16,17). The van der Waals surface area contributed by atoms with Gasteiger partial charge < -0.3 is 19.5 Å². The zero-order valence-corrected chi connectivity index (χ0v) is 12.5. The van der Waals surface area contributed by atoms with Gasteiger partial charge in [-0.25, -0.2) is 4.79 Å². The normalized spacial score (nSPS) is 11.6. The Balaban J connectivity index is 2.42. The number of carbonyl (C=O) groups is 2. The van der Waals surface area contributed by atoms with E-state index in [0.717, 1.165) is 0 Å². The Hall–Kier alpha value is -2.08. The van der Waals surface area contributed by atoms with Crippen molar-refractivity contribution >= 4 is 11.9 Å². The Kier molecular flexibility index (Phi) is 7.25. The Labute approximate surface area is 124 Å². The molecule has 0 saturated heterocycles. The van der Waals surface area contributed by atoms with Gasteiger partial charge in [0.25, 0.3) is 5.91 Å². The molecule has 1 aromatic carbocycles. The van der Waals surface area contributed by atoms with E-state index in [1.54, 1.807) is 38.3 Å². The maximum absolute atomic E-state index is 11.6. The highest BCUT2D eigenvalue weighted by Gasteiger charge is 2.09. The van der Waals surface area contributed by atoms with Gasteiger partial charge in [0.1, 0.15) is 5.75 Å². The lowest BCUT2D eigenvalue weighted by molar-refractivity contribution is -0.124. The molecule has 1 aromatic rings. The van der Waals surface area contributed by atoms with E-state index >= 15 is 0 Å². The molecule has 0 aliphatic carbocycles. The van der Waals surface area contributed by atoms with Crippen molar-refractivity contribution in [2.75, 3.05) is 26.9 Å². The predicted octanol–water partition coefficient (Wildman–Crippen LogP) is 1.39. The fourth-order valence-corrected chi connectivity index (χ4v) is 1.66. The van der Waals surface area contributed by atoms with Crippen molar-refractivity contribution in [3.63, 3.8) is 0 Å². The summed E-state index contributed by atoms with van der Waals surface area (Å²) >= 11 is 0. The fourth-order valence-electron chi connectivity index (χ4n) is 1.66. The van der Waals surface area contributed by atoms with E-state index in [1.165, 1.54) is 0 Å². The summed E-state index contributed by atoms with van der Waals surface area (Å²) in [7, 11) is 1.57. The number of nitrogens with one attached hydrogen (secondary N) is 1. The number of carbonyl (C=O) groups excluding carboxylic acids is 2. The first kappa shape index (κ1) is 17.0. The van der Waals surface area contributed by atoms with Gasteiger partial charge >= 0.3 is 5.97 Å². The zero-order valence-electron chi connectivity index (χ0n) is 12.5. The molecule has 0 fully saturated rings. The van der Waals surface area contributed by atoms with Crippen LogP contribution in [0, 0.1) is 0 Å². The molecule has 21 heavy (non-hydrogen) atoms. The van der Waals surface area contributed by atoms with Crippen molar-refractivity contribution in [2.24, 2.45) is 0 Å². The maximum atomic E-state index is 11.6. The molecule has 116 valence electrons. The third-order valence-electron chi connectivity index (χ3n) is 2.56. The van der Waals surface area contributed by atoms with Gasteiger partial charge in [0.15, 0.2) is 6.61 Å². The van der Waals surface area contributed by atoms with Crippen molar-refractivity contribution in [1.82, 2.24) is 5.32 Å². The van der Waals surface area contributed by atoms with Crippen molar-refractivity contribution < 1.29 is 23.8 Å². The van der Waals surface area contributed by atoms with Crippen molar-refractivity contribution in [3.8, 4) is 5.75 Å². The van der Waals surface area contributed by atoms with Crippen LogP contribution in [0.5, 0.6) is 5.75 Å². The van der Waals surface area contributed by atoms with Crippen LogP contribution in [0.2, 0.25) is 0 Å². The molecule has 1 amide bonds. The van der Waals surface area contributed by atoms with Crippen LogP contribution in [0.3, 0.4) is 0 Å². The van der Waals surface area contributed by atoms with Crippen LogP contribution in [0.4, 0.5) is 0 Å². The smallest absolute Gasteiger partial charge is 0.338 e. The third kappa shape index (κ3) is 6.27. The summed E-state index contributed by atoms with van der Waals surface area (Å²) in [4.78, 5) is 23.1. The van der Waals surface area contributed by atoms with Gasteiger partial charge in [0, 0.05) is 13.2 Å². The molecule has 1 N–H and O–H groups in total. The first-order chi connectivity index (χ1) is 10.1. The molecule has 0 bridgehead atoms. The number of methoxy groups -OCH3 is 1.